The van der Waals surface area contributed by atoms with E-state index < -0.39 is 33.8 Å². The largest absolute Gasteiger partial charge is 0.488 e. The van der Waals surface area contributed by atoms with Crippen LogP contribution in [0.2, 0.25) is 0 Å². The van der Waals surface area contributed by atoms with Crippen LogP contribution in [-0.2, 0) is 21.0 Å². The molecule has 1 aliphatic heterocycles. The van der Waals surface area contributed by atoms with Crippen molar-refractivity contribution in [2.24, 2.45) is 5.92 Å². The van der Waals surface area contributed by atoms with Gasteiger partial charge in [-0.2, -0.15) is 13.2 Å². The summed E-state index contributed by atoms with van der Waals surface area (Å²) in [7, 11) is -3.77. The van der Waals surface area contributed by atoms with Gasteiger partial charge in [-0.1, -0.05) is 0 Å². The van der Waals surface area contributed by atoms with E-state index in [0.717, 1.165) is 36.2 Å². The van der Waals surface area contributed by atoms with Crippen molar-refractivity contribution in [3.8, 4) is 5.75 Å². The highest BCUT2D eigenvalue weighted by atomic mass is 32.2. The fraction of sp³-hybridized carbons (Fsp3) is 0.562. The van der Waals surface area contributed by atoms with Crippen molar-refractivity contribution in [1.82, 2.24) is 9.62 Å². The molecule has 1 aromatic rings. The number of ether oxygens (including phenoxy) is 1. The number of alkyl halides is 3. The van der Waals surface area contributed by atoms with E-state index in [2.05, 4.69) is 5.32 Å². The Morgan fingerprint density at radius 1 is 1.35 bits per heavy atom. The Balaban J connectivity index is 2.21. The van der Waals surface area contributed by atoms with E-state index in [9.17, 15) is 26.4 Å². The highest BCUT2D eigenvalue weighted by Gasteiger charge is 2.33. The monoisotopic (exact) mass is 394 g/mol. The van der Waals surface area contributed by atoms with E-state index in [-0.39, 0.29) is 18.2 Å². The first-order valence-electron chi connectivity index (χ1n) is 8.01. The third kappa shape index (κ3) is 5.34. The third-order valence-corrected chi connectivity index (χ3v) is 5.40. The van der Waals surface area contributed by atoms with Crippen LogP contribution in [0.4, 0.5) is 13.2 Å². The molecule has 0 aromatic heterocycles. The lowest BCUT2D eigenvalue weighted by Crippen LogP contribution is -2.45. The Hall–Kier alpha value is -1.81. The zero-order valence-corrected chi connectivity index (χ0v) is 15.2. The summed E-state index contributed by atoms with van der Waals surface area (Å²) in [5.74, 6) is -0.521. The van der Waals surface area contributed by atoms with Gasteiger partial charge in [0.15, 0.2) is 0 Å². The van der Waals surface area contributed by atoms with E-state index in [1.165, 1.54) is 12.1 Å². The third-order valence-electron chi connectivity index (χ3n) is 4.19. The van der Waals surface area contributed by atoms with Crippen molar-refractivity contribution >= 4 is 15.9 Å². The standard InChI is InChI=1S/C16H21F3N2O4S/c1-11(22)21(26(2,23)24)10-15(12-7-8-20-9-12)25-14-5-3-13(4-6-14)16(17,18)19/h3-6,12,15,20H,7-10H2,1-2H3/t12?,15-/m1/s1. The van der Waals surface area contributed by atoms with Crippen molar-refractivity contribution < 1.29 is 31.1 Å². The summed E-state index contributed by atoms with van der Waals surface area (Å²) in [6.07, 6.45) is -3.48. The predicted molar refractivity (Wildman–Crippen MR) is 89.1 cm³/mol. The highest BCUT2D eigenvalue weighted by molar-refractivity contribution is 7.88. The molecule has 0 bridgehead atoms. The lowest BCUT2D eigenvalue weighted by atomic mass is 10.0. The Bertz CT molecular complexity index is 729. The summed E-state index contributed by atoms with van der Waals surface area (Å²) in [6.45, 7) is 2.24. The van der Waals surface area contributed by atoms with E-state index >= 15 is 0 Å². The lowest BCUT2D eigenvalue weighted by Gasteiger charge is -2.29. The normalized spacial score (nSPS) is 19.2. The summed E-state index contributed by atoms with van der Waals surface area (Å²) in [6, 6.07) is 4.19. The maximum atomic E-state index is 12.7. The van der Waals surface area contributed by atoms with Crippen LogP contribution in [0.25, 0.3) is 0 Å². The van der Waals surface area contributed by atoms with Gasteiger partial charge < -0.3 is 10.1 Å². The molecule has 1 aliphatic rings. The second kappa shape index (κ2) is 7.83. The first-order chi connectivity index (χ1) is 12.0. The molecule has 1 saturated heterocycles. The Labute approximate surface area is 150 Å². The Morgan fingerprint density at radius 3 is 2.38 bits per heavy atom. The molecule has 0 saturated carbocycles. The fourth-order valence-corrected chi connectivity index (χ4v) is 3.72. The van der Waals surface area contributed by atoms with Gasteiger partial charge in [-0.3, -0.25) is 4.79 Å². The van der Waals surface area contributed by atoms with Crippen LogP contribution in [0.15, 0.2) is 24.3 Å². The summed E-state index contributed by atoms with van der Waals surface area (Å²) in [4.78, 5) is 11.7. The number of halogens is 3. The highest BCUT2D eigenvalue weighted by Crippen LogP contribution is 2.31. The molecule has 1 aromatic carbocycles. The second-order valence-corrected chi connectivity index (χ2v) is 8.15. The second-order valence-electron chi connectivity index (χ2n) is 6.24. The first kappa shape index (κ1) is 20.5. The molecule has 6 nitrogen and oxygen atoms in total. The molecule has 1 heterocycles. The maximum Gasteiger partial charge on any atom is 0.416 e. The zero-order valence-electron chi connectivity index (χ0n) is 14.4. The van der Waals surface area contributed by atoms with Crippen molar-refractivity contribution in [2.75, 3.05) is 25.9 Å². The summed E-state index contributed by atoms with van der Waals surface area (Å²) in [5.41, 5.74) is -0.801. The number of nitrogens with zero attached hydrogens (tertiary/aromatic N) is 1. The smallest absolute Gasteiger partial charge is 0.416 e. The lowest BCUT2D eigenvalue weighted by molar-refractivity contribution is -0.137. The average molecular weight is 394 g/mol. The SMILES string of the molecule is CC(=O)N(C[C@@H](Oc1ccc(C(F)(F)F)cc1)C1CCNC1)S(C)(=O)=O. The van der Waals surface area contributed by atoms with E-state index in [1.807, 2.05) is 0 Å². The van der Waals surface area contributed by atoms with Crippen molar-refractivity contribution in [3.63, 3.8) is 0 Å². The van der Waals surface area contributed by atoms with Gasteiger partial charge in [-0.15, -0.1) is 0 Å². The molecule has 1 N–H and O–H groups in total. The van der Waals surface area contributed by atoms with Gasteiger partial charge in [0.05, 0.1) is 18.4 Å². The molecule has 26 heavy (non-hydrogen) atoms. The molecule has 1 unspecified atom stereocenters. The van der Waals surface area contributed by atoms with Crippen LogP contribution >= 0.6 is 0 Å². The summed E-state index contributed by atoms with van der Waals surface area (Å²) in [5, 5.41) is 3.13. The van der Waals surface area contributed by atoms with Gasteiger partial charge in [-0.25, -0.2) is 12.7 Å². The van der Waals surface area contributed by atoms with Crippen LogP contribution < -0.4 is 10.1 Å². The number of rotatable bonds is 6. The molecule has 10 heteroatoms. The van der Waals surface area contributed by atoms with E-state index in [1.54, 1.807) is 0 Å². The van der Waals surface area contributed by atoms with E-state index in [4.69, 9.17) is 4.74 Å². The van der Waals surface area contributed by atoms with Crippen molar-refractivity contribution in [1.29, 1.82) is 0 Å². The number of sulfonamides is 1. The van der Waals surface area contributed by atoms with Crippen LogP contribution in [-0.4, -0.2) is 50.6 Å². The van der Waals surface area contributed by atoms with Gasteiger partial charge in [0, 0.05) is 19.4 Å². The molecule has 0 spiro atoms. The maximum absolute atomic E-state index is 12.7. The molecule has 2 atom stereocenters. The number of hydrogen-bond donors (Lipinski definition) is 1. The minimum atomic E-state index is -4.45. The zero-order chi connectivity index (χ0) is 19.5. The van der Waals surface area contributed by atoms with Crippen LogP contribution in [0.3, 0.4) is 0 Å². The van der Waals surface area contributed by atoms with Gasteiger partial charge in [0.1, 0.15) is 11.9 Å². The first-order valence-corrected chi connectivity index (χ1v) is 9.86. The number of amides is 1. The number of carbonyl (C=O) groups excluding carboxylic acids is 1. The predicted octanol–water partition coefficient (Wildman–Crippen LogP) is 1.87. The average Bonchev–Trinajstić information content (AvgIpc) is 3.03. The molecule has 1 amide bonds. The molecule has 2 rings (SSSR count). The number of benzene rings is 1. The molecule has 146 valence electrons. The van der Waals surface area contributed by atoms with Crippen LogP contribution in [0.5, 0.6) is 5.75 Å². The Kier molecular flexibility index (Phi) is 6.17. The van der Waals surface area contributed by atoms with Crippen molar-refractivity contribution in [3.05, 3.63) is 29.8 Å². The minimum absolute atomic E-state index is 0.0686. The quantitative estimate of drug-likeness (QED) is 0.797. The summed E-state index contributed by atoms with van der Waals surface area (Å²) >= 11 is 0. The topological polar surface area (TPSA) is 75.7 Å². The molecule has 0 radical (unpaired) electrons. The fourth-order valence-electron chi connectivity index (χ4n) is 2.84. The van der Waals surface area contributed by atoms with Gasteiger partial charge in [-0.05, 0) is 37.2 Å². The van der Waals surface area contributed by atoms with Crippen LogP contribution in [0.1, 0.15) is 18.9 Å². The van der Waals surface area contributed by atoms with Crippen LogP contribution in [0, 0.1) is 5.92 Å². The van der Waals surface area contributed by atoms with Crippen molar-refractivity contribution in [2.45, 2.75) is 25.6 Å². The molecular formula is C16H21F3N2O4S. The molecular weight excluding hydrogens is 373 g/mol. The Morgan fingerprint density at radius 2 is 1.96 bits per heavy atom. The number of carbonyl (C=O) groups is 1. The molecule has 1 fully saturated rings. The van der Waals surface area contributed by atoms with Gasteiger partial charge in [0.25, 0.3) is 0 Å². The van der Waals surface area contributed by atoms with Gasteiger partial charge >= 0.3 is 6.18 Å². The minimum Gasteiger partial charge on any atom is -0.488 e. The van der Waals surface area contributed by atoms with E-state index in [0.29, 0.717) is 13.0 Å². The summed E-state index contributed by atoms with van der Waals surface area (Å²) < 4.78 is 68.2. The number of nitrogens with one attached hydrogen (secondary N) is 1. The van der Waals surface area contributed by atoms with Gasteiger partial charge in [0.2, 0.25) is 15.9 Å². The number of hydrogen-bond acceptors (Lipinski definition) is 5. The molecule has 0 aliphatic carbocycles.